The summed E-state index contributed by atoms with van der Waals surface area (Å²) >= 11 is 17.3. The summed E-state index contributed by atoms with van der Waals surface area (Å²) in [5, 5.41) is 0.377. The molecule has 0 radical (unpaired) electrons. The van der Waals surface area contributed by atoms with Crippen molar-refractivity contribution >= 4 is 44.8 Å². The van der Waals surface area contributed by atoms with Gasteiger partial charge < -0.3 is 4.74 Å². The molecule has 0 unspecified atom stereocenters. The van der Waals surface area contributed by atoms with E-state index >= 15 is 0 Å². The molecular weight excluding hydrogens is 321 g/mol. The van der Waals surface area contributed by atoms with Gasteiger partial charge in [-0.3, -0.25) is 0 Å². The van der Waals surface area contributed by atoms with Gasteiger partial charge >= 0.3 is 0 Å². The molecule has 0 spiro atoms. The zero-order valence-corrected chi connectivity index (χ0v) is 12.6. The van der Waals surface area contributed by atoms with Crippen LogP contribution in [0.15, 0.2) is 17.0 Å². The molecule has 0 aliphatic heterocycles. The summed E-state index contributed by atoms with van der Waals surface area (Å²) in [5.41, 5.74) is 0. The summed E-state index contributed by atoms with van der Waals surface area (Å²) in [6.45, 7) is 0.727. The SMILES string of the molecule is COCCCNS(=O)(=O)c1cc(Cl)c(Cl)cc1Cl. The lowest BCUT2D eigenvalue weighted by Gasteiger charge is -2.09. The summed E-state index contributed by atoms with van der Waals surface area (Å²) in [5.74, 6) is 0. The summed E-state index contributed by atoms with van der Waals surface area (Å²) in [6, 6.07) is 2.53. The highest BCUT2D eigenvalue weighted by Crippen LogP contribution is 2.31. The van der Waals surface area contributed by atoms with Crippen LogP contribution in [0.25, 0.3) is 0 Å². The number of hydrogen-bond acceptors (Lipinski definition) is 3. The van der Waals surface area contributed by atoms with Crippen molar-refractivity contribution in [3.05, 3.63) is 27.2 Å². The van der Waals surface area contributed by atoms with E-state index in [1.807, 2.05) is 0 Å². The molecule has 1 aromatic rings. The van der Waals surface area contributed by atoms with Crippen LogP contribution in [0.3, 0.4) is 0 Å². The molecule has 0 atom stereocenters. The van der Waals surface area contributed by atoms with Crippen LogP contribution >= 0.6 is 34.8 Å². The Morgan fingerprint density at radius 2 is 1.78 bits per heavy atom. The molecule has 0 aliphatic carbocycles. The Balaban J connectivity index is 2.88. The first-order valence-electron chi connectivity index (χ1n) is 5.01. The summed E-state index contributed by atoms with van der Waals surface area (Å²) in [6.07, 6.45) is 0.564. The molecular formula is C10H12Cl3NO3S. The van der Waals surface area contributed by atoms with E-state index in [0.29, 0.717) is 13.0 Å². The van der Waals surface area contributed by atoms with Gasteiger partial charge in [-0.2, -0.15) is 0 Å². The van der Waals surface area contributed by atoms with Crippen LogP contribution in [0, 0.1) is 0 Å². The zero-order valence-electron chi connectivity index (χ0n) is 9.54. The highest BCUT2D eigenvalue weighted by atomic mass is 35.5. The number of nitrogens with one attached hydrogen (secondary N) is 1. The number of rotatable bonds is 6. The maximum Gasteiger partial charge on any atom is 0.242 e. The summed E-state index contributed by atoms with van der Waals surface area (Å²) < 4.78 is 31.1. The van der Waals surface area contributed by atoms with Gasteiger partial charge in [-0.25, -0.2) is 13.1 Å². The van der Waals surface area contributed by atoms with Crippen LogP contribution in [-0.4, -0.2) is 28.7 Å². The van der Waals surface area contributed by atoms with E-state index in [1.54, 1.807) is 7.11 Å². The van der Waals surface area contributed by atoms with Crippen LogP contribution in [-0.2, 0) is 14.8 Å². The van der Waals surface area contributed by atoms with E-state index in [2.05, 4.69) is 4.72 Å². The van der Waals surface area contributed by atoms with Crippen molar-refractivity contribution in [2.24, 2.45) is 0 Å². The van der Waals surface area contributed by atoms with Crippen LogP contribution in [0.2, 0.25) is 15.1 Å². The standard InChI is InChI=1S/C10H12Cl3NO3S/c1-17-4-2-3-14-18(15,16)10-6-8(12)7(11)5-9(10)13/h5-6,14H,2-4H2,1H3. The molecule has 0 aliphatic rings. The number of halogens is 3. The van der Waals surface area contributed by atoms with E-state index in [0.717, 1.165) is 0 Å². The van der Waals surface area contributed by atoms with E-state index in [-0.39, 0.29) is 26.5 Å². The molecule has 0 heterocycles. The van der Waals surface area contributed by atoms with Gasteiger partial charge in [-0.1, -0.05) is 34.8 Å². The fraction of sp³-hybridized carbons (Fsp3) is 0.400. The molecule has 1 N–H and O–H groups in total. The lowest BCUT2D eigenvalue weighted by atomic mass is 10.4. The minimum Gasteiger partial charge on any atom is -0.385 e. The van der Waals surface area contributed by atoms with Gasteiger partial charge in [0.25, 0.3) is 0 Å². The molecule has 4 nitrogen and oxygen atoms in total. The average Bonchev–Trinajstić information content (AvgIpc) is 2.29. The third kappa shape index (κ3) is 4.26. The highest BCUT2D eigenvalue weighted by molar-refractivity contribution is 7.89. The van der Waals surface area contributed by atoms with Crippen molar-refractivity contribution in [1.82, 2.24) is 4.72 Å². The number of hydrogen-bond donors (Lipinski definition) is 1. The van der Waals surface area contributed by atoms with Gasteiger partial charge in [0.2, 0.25) is 10.0 Å². The Morgan fingerprint density at radius 3 is 2.39 bits per heavy atom. The van der Waals surface area contributed by atoms with Crippen molar-refractivity contribution in [2.45, 2.75) is 11.3 Å². The van der Waals surface area contributed by atoms with E-state index < -0.39 is 10.0 Å². The summed E-state index contributed by atoms with van der Waals surface area (Å²) in [7, 11) is -2.15. The fourth-order valence-electron chi connectivity index (χ4n) is 1.21. The van der Waals surface area contributed by atoms with Crippen LogP contribution in [0.4, 0.5) is 0 Å². The second-order valence-electron chi connectivity index (χ2n) is 3.44. The van der Waals surface area contributed by atoms with Crippen molar-refractivity contribution in [3.63, 3.8) is 0 Å². The van der Waals surface area contributed by atoms with Crippen molar-refractivity contribution in [1.29, 1.82) is 0 Å². The highest BCUT2D eigenvalue weighted by Gasteiger charge is 2.19. The Morgan fingerprint density at radius 1 is 1.17 bits per heavy atom. The molecule has 0 fully saturated rings. The molecule has 0 bridgehead atoms. The largest absolute Gasteiger partial charge is 0.385 e. The van der Waals surface area contributed by atoms with E-state index in [1.165, 1.54) is 12.1 Å². The Bertz CT molecular complexity index is 519. The lowest BCUT2D eigenvalue weighted by molar-refractivity contribution is 0.196. The van der Waals surface area contributed by atoms with Gasteiger partial charge in [0.05, 0.1) is 15.1 Å². The second-order valence-corrected chi connectivity index (χ2v) is 6.40. The zero-order chi connectivity index (χ0) is 13.8. The Kier molecular flexibility index (Phi) is 6.17. The van der Waals surface area contributed by atoms with Gasteiger partial charge in [0.15, 0.2) is 0 Å². The third-order valence-electron chi connectivity index (χ3n) is 2.08. The van der Waals surface area contributed by atoms with Gasteiger partial charge in [0.1, 0.15) is 4.90 Å². The van der Waals surface area contributed by atoms with Crippen LogP contribution < -0.4 is 4.72 Å². The Labute approximate surface area is 121 Å². The summed E-state index contributed by atoms with van der Waals surface area (Å²) in [4.78, 5) is -0.0871. The smallest absolute Gasteiger partial charge is 0.242 e. The lowest BCUT2D eigenvalue weighted by Crippen LogP contribution is -2.25. The fourth-order valence-corrected chi connectivity index (χ4v) is 3.28. The number of methoxy groups -OCH3 is 1. The molecule has 1 aromatic carbocycles. The van der Waals surface area contributed by atoms with Gasteiger partial charge in [0, 0.05) is 20.3 Å². The molecule has 1 rings (SSSR count). The van der Waals surface area contributed by atoms with E-state index in [4.69, 9.17) is 39.5 Å². The maximum absolute atomic E-state index is 11.9. The molecule has 18 heavy (non-hydrogen) atoms. The molecule has 0 saturated carbocycles. The molecule has 0 amide bonds. The number of ether oxygens (including phenoxy) is 1. The normalized spacial score (nSPS) is 11.8. The van der Waals surface area contributed by atoms with E-state index in [9.17, 15) is 8.42 Å². The van der Waals surface area contributed by atoms with Crippen molar-refractivity contribution in [3.8, 4) is 0 Å². The first-order chi connectivity index (χ1) is 8.38. The molecule has 0 saturated heterocycles. The van der Waals surface area contributed by atoms with Crippen LogP contribution in [0.5, 0.6) is 0 Å². The minimum absolute atomic E-state index is 0.0311. The average molecular weight is 333 g/mol. The molecule has 102 valence electrons. The third-order valence-corrected chi connectivity index (χ3v) is 4.73. The number of sulfonamides is 1. The topological polar surface area (TPSA) is 55.4 Å². The van der Waals surface area contributed by atoms with Crippen molar-refractivity contribution < 1.29 is 13.2 Å². The number of benzene rings is 1. The first kappa shape index (κ1) is 16.0. The van der Waals surface area contributed by atoms with Crippen molar-refractivity contribution in [2.75, 3.05) is 20.3 Å². The Hall–Kier alpha value is -0.0400. The van der Waals surface area contributed by atoms with Gasteiger partial charge in [-0.15, -0.1) is 0 Å². The predicted molar refractivity (Wildman–Crippen MR) is 73.2 cm³/mol. The quantitative estimate of drug-likeness (QED) is 0.643. The first-order valence-corrected chi connectivity index (χ1v) is 7.63. The predicted octanol–water partition coefficient (Wildman–Crippen LogP) is 2.96. The van der Waals surface area contributed by atoms with Crippen LogP contribution in [0.1, 0.15) is 6.42 Å². The molecule has 0 aromatic heterocycles. The minimum atomic E-state index is -3.69. The monoisotopic (exact) mass is 331 g/mol. The van der Waals surface area contributed by atoms with Gasteiger partial charge in [-0.05, 0) is 18.6 Å². The molecule has 8 heteroatoms. The maximum atomic E-state index is 11.9. The second kappa shape index (κ2) is 6.93.